The van der Waals surface area contributed by atoms with E-state index < -0.39 is 0 Å². The maximum absolute atomic E-state index is 12.4. The molecular formula is C18H16Cl2N2O2. The highest BCUT2D eigenvalue weighted by molar-refractivity contribution is 6.37. The van der Waals surface area contributed by atoms with E-state index in [1.807, 2.05) is 12.1 Å². The molecule has 0 unspecified atom stereocenters. The molecule has 6 heteroatoms. The topological polar surface area (TPSA) is 49.4 Å². The van der Waals surface area contributed by atoms with Gasteiger partial charge in [0.05, 0.1) is 10.6 Å². The van der Waals surface area contributed by atoms with Gasteiger partial charge in [-0.25, -0.2) is 0 Å². The van der Waals surface area contributed by atoms with E-state index in [2.05, 4.69) is 5.32 Å². The first kappa shape index (κ1) is 16.8. The summed E-state index contributed by atoms with van der Waals surface area (Å²) in [4.78, 5) is 25.9. The second-order valence-electron chi connectivity index (χ2n) is 5.70. The fourth-order valence-electron chi connectivity index (χ4n) is 2.87. The van der Waals surface area contributed by atoms with Crippen LogP contribution in [0.3, 0.4) is 0 Å². The number of hydrogen-bond donors (Lipinski definition) is 1. The van der Waals surface area contributed by atoms with Crippen LogP contribution in [0.1, 0.15) is 29.3 Å². The largest absolute Gasteiger partial charge is 0.322 e. The molecule has 4 nitrogen and oxygen atoms in total. The number of aryl methyl sites for hydroxylation is 1. The van der Waals surface area contributed by atoms with Gasteiger partial charge in [-0.15, -0.1) is 0 Å². The van der Waals surface area contributed by atoms with E-state index in [9.17, 15) is 9.59 Å². The average molecular weight is 363 g/mol. The van der Waals surface area contributed by atoms with Gasteiger partial charge in [0.25, 0.3) is 5.91 Å². The van der Waals surface area contributed by atoms with E-state index in [0.29, 0.717) is 21.3 Å². The van der Waals surface area contributed by atoms with Crippen molar-refractivity contribution in [2.45, 2.75) is 19.8 Å². The summed E-state index contributed by atoms with van der Waals surface area (Å²) >= 11 is 11.9. The lowest BCUT2D eigenvalue weighted by atomic mass is 10.0. The molecule has 0 bridgehead atoms. The van der Waals surface area contributed by atoms with Gasteiger partial charge in [0.15, 0.2) is 0 Å². The molecule has 24 heavy (non-hydrogen) atoms. The standard InChI is InChI=1S/C18H16Cl2N2O2/c1-11(23)22-8-2-3-12-9-14(5-7-17(12)22)21-18(24)15-6-4-13(19)10-16(15)20/h4-7,9-10H,2-3,8H2,1H3,(H,21,24). The molecule has 124 valence electrons. The van der Waals surface area contributed by atoms with Crippen LogP contribution >= 0.6 is 23.2 Å². The van der Waals surface area contributed by atoms with Crippen LogP contribution < -0.4 is 10.2 Å². The van der Waals surface area contributed by atoms with E-state index in [-0.39, 0.29) is 11.8 Å². The van der Waals surface area contributed by atoms with Crippen molar-refractivity contribution in [2.75, 3.05) is 16.8 Å². The third-order valence-electron chi connectivity index (χ3n) is 4.01. The molecule has 0 spiro atoms. The minimum atomic E-state index is -0.296. The highest BCUT2D eigenvalue weighted by Gasteiger charge is 2.20. The number of hydrogen-bond acceptors (Lipinski definition) is 2. The first-order chi connectivity index (χ1) is 11.5. The molecule has 0 saturated carbocycles. The highest BCUT2D eigenvalue weighted by atomic mass is 35.5. The summed E-state index contributed by atoms with van der Waals surface area (Å²) in [6.07, 6.45) is 1.79. The number of carbonyl (C=O) groups is 2. The van der Waals surface area contributed by atoms with Crippen LogP contribution in [0.2, 0.25) is 10.0 Å². The summed E-state index contributed by atoms with van der Waals surface area (Å²) in [5.74, 6) is -0.267. The second-order valence-corrected chi connectivity index (χ2v) is 6.54. The Morgan fingerprint density at radius 2 is 1.92 bits per heavy atom. The number of nitrogens with zero attached hydrogens (tertiary/aromatic N) is 1. The lowest BCUT2D eigenvalue weighted by Gasteiger charge is -2.29. The Labute approximate surface area is 150 Å². The quantitative estimate of drug-likeness (QED) is 0.851. The van der Waals surface area contributed by atoms with Crippen molar-refractivity contribution in [1.82, 2.24) is 0 Å². The van der Waals surface area contributed by atoms with Crippen molar-refractivity contribution in [3.05, 3.63) is 57.6 Å². The van der Waals surface area contributed by atoms with Gasteiger partial charge in [0.1, 0.15) is 0 Å². The number of amides is 2. The van der Waals surface area contributed by atoms with Gasteiger partial charge in [0.2, 0.25) is 5.91 Å². The van der Waals surface area contributed by atoms with Crippen LogP contribution in [-0.4, -0.2) is 18.4 Å². The molecular weight excluding hydrogens is 347 g/mol. The minimum Gasteiger partial charge on any atom is -0.322 e. The van der Waals surface area contributed by atoms with Crippen LogP contribution in [0.15, 0.2) is 36.4 Å². The smallest absolute Gasteiger partial charge is 0.257 e. The summed E-state index contributed by atoms with van der Waals surface area (Å²) < 4.78 is 0. The van der Waals surface area contributed by atoms with Gasteiger partial charge >= 0.3 is 0 Å². The molecule has 1 heterocycles. The number of anilines is 2. The Balaban J connectivity index is 1.83. The van der Waals surface area contributed by atoms with E-state index in [0.717, 1.165) is 30.6 Å². The normalized spacial score (nSPS) is 13.4. The zero-order chi connectivity index (χ0) is 17.3. The van der Waals surface area contributed by atoms with Gasteiger partial charge < -0.3 is 10.2 Å². The SMILES string of the molecule is CC(=O)N1CCCc2cc(NC(=O)c3ccc(Cl)cc3Cl)ccc21. The van der Waals surface area contributed by atoms with Crippen LogP contribution in [-0.2, 0) is 11.2 Å². The zero-order valence-corrected chi connectivity index (χ0v) is 14.6. The molecule has 0 radical (unpaired) electrons. The van der Waals surface area contributed by atoms with Gasteiger partial charge in [0, 0.05) is 29.9 Å². The van der Waals surface area contributed by atoms with Gasteiger partial charge in [-0.05, 0) is 54.8 Å². The van der Waals surface area contributed by atoms with Gasteiger partial charge in [-0.1, -0.05) is 23.2 Å². The number of nitrogens with one attached hydrogen (secondary N) is 1. The second kappa shape index (κ2) is 6.83. The molecule has 2 amide bonds. The molecule has 0 fully saturated rings. The Bertz CT molecular complexity index is 821. The van der Waals surface area contributed by atoms with E-state index in [1.165, 1.54) is 6.07 Å². The third-order valence-corrected chi connectivity index (χ3v) is 4.56. The van der Waals surface area contributed by atoms with Crippen LogP contribution in [0.25, 0.3) is 0 Å². The Hall–Kier alpha value is -2.04. The maximum atomic E-state index is 12.4. The molecule has 1 aliphatic heterocycles. The van der Waals surface area contributed by atoms with Gasteiger partial charge in [-0.3, -0.25) is 9.59 Å². The number of fused-ring (bicyclic) bond motifs is 1. The summed E-state index contributed by atoms with van der Waals surface area (Å²) in [6.45, 7) is 2.29. The molecule has 2 aromatic rings. The van der Waals surface area contributed by atoms with Crippen molar-refractivity contribution in [1.29, 1.82) is 0 Å². The molecule has 0 atom stereocenters. The van der Waals surface area contributed by atoms with Crippen LogP contribution in [0, 0.1) is 0 Å². The van der Waals surface area contributed by atoms with Gasteiger partial charge in [-0.2, -0.15) is 0 Å². The van der Waals surface area contributed by atoms with E-state index in [4.69, 9.17) is 23.2 Å². The highest BCUT2D eigenvalue weighted by Crippen LogP contribution is 2.30. The molecule has 1 N–H and O–H groups in total. The monoisotopic (exact) mass is 362 g/mol. The van der Waals surface area contributed by atoms with Crippen molar-refractivity contribution in [2.24, 2.45) is 0 Å². The fraction of sp³-hybridized carbons (Fsp3) is 0.222. The Morgan fingerprint density at radius 3 is 2.62 bits per heavy atom. The van der Waals surface area contributed by atoms with Crippen molar-refractivity contribution >= 4 is 46.4 Å². The first-order valence-electron chi connectivity index (χ1n) is 7.63. The molecule has 0 saturated heterocycles. The summed E-state index contributed by atoms with van der Waals surface area (Å²) in [5.41, 5.74) is 3.01. The Morgan fingerprint density at radius 1 is 1.12 bits per heavy atom. The lowest BCUT2D eigenvalue weighted by Crippen LogP contribution is -2.33. The number of halogens is 2. The molecule has 2 aromatic carbocycles. The fourth-order valence-corrected chi connectivity index (χ4v) is 3.37. The number of rotatable bonds is 2. The minimum absolute atomic E-state index is 0.0284. The van der Waals surface area contributed by atoms with Crippen molar-refractivity contribution < 1.29 is 9.59 Å². The number of benzene rings is 2. The molecule has 1 aliphatic rings. The van der Waals surface area contributed by atoms with E-state index in [1.54, 1.807) is 30.0 Å². The predicted molar refractivity (Wildman–Crippen MR) is 97.2 cm³/mol. The zero-order valence-electron chi connectivity index (χ0n) is 13.1. The maximum Gasteiger partial charge on any atom is 0.257 e. The van der Waals surface area contributed by atoms with Crippen LogP contribution in [0.4, 0.5) is 11.4 Å². The average Bonchev–Trinajstić information content (AvgIpc) is 2.53. The Kier molecular flexibility index (Phi) is 4.78. The van der Waals surface area contributed by atoms with E-state index >= 15 is 0 Å². The first-order valence-corrected chi connectivity index (χ1v) is 8.39. The lowest BCUT2D eigenvalue weighted by molar-refractivity contribution is -0.116. The summed E-state index contributed by atoms with van der Waals surface area (Å²) in [5, 5.41) is 3.63. The van der Waals surface area contributed by atoms with Crippen molar-refractivity contribution in [3.8, 4) is 0 Å². The van der Waals surface area contributed by atoms with Crippen LogP contribution in [0.5, 0.6) is 0 Å². The summed E-state index contributed by atoms with van der Waals surface area (Å²) in [6, 6.07) is 10.3. The molecule has 0 aromatic heterocycles. The van der Waals surface area contributed by atoms with Crippen molar-refractivity contribution in [3.63, 3.8) is 0 Å². The predicted octanol–water partition coefficient (Wildman–Crippen LogP) is 4.54. The summed E-state index contributed by atoms with van der Waals surface area (Å²) in [7, 11) is 0. The number of carbonyl (C=O) groups excluding carboxylic acids is 2. The third kappa shape index (κ3) is 3.40. The molecule has 0 aliphatic carbocycles. The molecule has 3 rings (SSSR count).